The number of anilines is 1. The summed E-state index contributed by atoms with van der Waals surface area (Å²) in [6, 6.07) is 10.4. The van der Waals surface area contributed by atoms with Gasteiger partial charge in [-0.15, -0.1) is 0 Å². The molecule has 0 aliphatic carbocycles. The van der Waals surface area contributed by atoms with Crippen LogP contribution in [0.5, 0.6) is 0 Å². The molecule has 0 saturated carbocycles. The molecule has 1 amide bonds. The van der Waals surface area contributed by atoms with E-state index in [9.17, 15) is 23.9 Å². The Hall–Kier alpha value is -3.85. The topological polar surface area (TPSA) is 96.8 Å². The number of amides is 1. The van der Waals surface area contributed by atoms with Crippen LogP contribution < -0.4 is 4.90 Å². The lowest BCUT2D eigenvalue weighted by atomic mass is 9.93. The van der Waals surface area contributed by atoms with E-state index in [1.54, 1.807) is 26.0 Å². The molecule has 0 bridgehead atoms. The van der Waals surface area contributed by atoms with Crippen molar-refractivity contribution in [3.05, 3.63) is 86.7 Å². The number of methoxy groups -OCH3 is 1. The number of aryl methyl sites for hydroxylation is 2. The second-order valence-electron chi connectivity index (χ2n) is 8.86. The van der Waals surface area contributed by atoms with E-state index in [0.717, 1.165) is 23.0 Å². The molecule has 9 heteroatoms. The number of hydrogen-bond acceptors (Lipinski definition) is 7. The zero-order valence-electron chi connectivity index (χ0n) is 20.5. The lowest BCUT2D eigenvalue weighted by molar-refractivity contribution is -0.132. The summed E-state index contributed by atoms with van der Waals surface area (Å²) in [7, 11) is 1.24. The maximum Gasteiger partial charge on any atom is 0.350 e. The van der Waals surface area contributed by atoms with Crippen molar-refractivity contribution in [3.63, 3.8) is 0 Å². The Kier molecular flexibility index (Phi) is 6.77. The Bertz CT molecular complexity index is 1410. The largest absolute Gasteiger partial charge is 0.507 e. The summed E-state index contributed by atoms with van der Waals surface area (Å²) in [6.07, 6.45) is 0. The van der Waals surface area contributed by atoms with Crippen LogP contribution in [0, 0.1) is 19.7 Å². The zero-order chi connectivity index (χ0) is 26.3. The smallest absolute Gasteiger partial charge is 0.350 e. The van der Waals surface area contributed by atoms with E-state index in [-0.39, 0.29) is 27.1 Å². The highest BCUT2D eigenvalue weighted by Gasteiger charge is 2.48. The van der Waals surface area contributed by atoms with Gasteiger partial charge in [0, 0.05) is 5.56 Å². The van der Waals surface area contributed by atoms with Gasteiger partial charge in [0.05, 0.1) is 24.4 Å². The van der Waals surface area contributed by atoms with E-state index in [0.29, 0.717) is 16.8 Å². The van der Waals surface area contributed by atoms with Crippen LogP contribution in [0.1, 0.15) is 63.4 Å². The summed E-state index contributed by atoms with van der Waals surface area (Å²) >= 11 is 0.919. The summed E-state index contributed by atoms with van der Waals surface area (Å²) in [5.74, 6) is -3.24. The van der Waals surface area contributed by atoms with Crippen LogP contribution in [0.3, 0.4) is 0 Å². The molecule has 2 heterocycles. The predicted octanol–water partition coefficient (Wildman–Crippen LogP) is 5.44. The number of aliphatic hydroxyl groups excluding tert-OH is 1. The Morgan fingerprint density at radius 3 is 2.39 bits per heavy atom. The number of nitrogens with zero attached hydrogens (tertiary/aromatic N) is 2. The van der Waals surface area contributed by atoms with Gasteiger partial charge in [-0.1, -0.05) is 61.6 Å². The molecule has 2 aromatic carbocycles. The molecule has 36 heavy (non-hydrogen) atoms. The highest BCUT2D eigenvalue weighted by atomic mass is 32.1. The van der Waals surface area contributed by atoms with E-state index in [4.69, 9.17) is 4.74 Å². The first-order chi connectivity index (χ1) is 17.0. The van der Waals surface area contributed by atoms with Crippen LogP contribution in [0.15, 0.2) is 48.0 Å². The third-order valence-electron chi connectivity index (χ3n) is 6.17. The molecule has 3 aromatic rings. The van der Waals surface area contributed by atoms with Crippen LogP contribution >= 0.6 is 11.3 Å². The number of Topliss-reactive ketones (excluding diaryl/α,β-unsaturated/α-hetero) is 1. The van der Waals surface area contributed by atoms with Gasteiger partial charge in [-0.25, -0.2) is 14.2 Å². The second kappa shape index (κ2) is 9.66. The van der Waals surface area contributed by atoms with Gasteiger partial charge >= 0.3 is 11.9 Å². The quantitative estimate of drug-likeness (QED) is 0.214. The van der Waals surface area contributed by atoms with Crippen molar-refractivity contribution < 1.29 is 28.6 Å². The molecule has 0 unspecified atom stereocenters. The summed E-state index contributed by atoms with van der Waals surface area (Å²) in [6.45, 7) is 7.27. The Morgan fingerprint density at radius 2 is 1.81 bits per heavy atom. The minimum atomic E-state index is -1.04. The molecule has 1 atom stereocenters. The number of ketones is 1. The fraction of sp³-hybridized carbons (Fsp3) is 0.259. The number of esters is 1. The molecule has 1 aliphatic rings. The maximum atomic E-state index is 14.3. The number of aromatic nitrogens is 1. The number of rotatable bonds is 5. The fourth-order valence-corrected chi connectivity index (χ4v) is 5.08. The molecule has 1 saturated heterocycles. The van der Waals surface area contributed by atoms with Gasteiger partial charge in [0.1, 0.15) is 16.5 Å². The van der Waals surface area contributed by atoms with Crippen molar-refractivity contribution in [2.24, 2.45) is 0 Å². The van der Waals surface area contributed by atoms with E-state index in [1.165, 1.54) is 24.1 Å². The third kappa shape index (κ3) is 4.30. The minimum Gasteiger partial charge on any atom is -0.507 e. The predicted molar refractivity (Wildman–Crippen MR) is 135 cm³/mol. The summed E-state index contributed by atoms with van der Waals surface area (Å²) < 4.78 is 19.1. The summed E-state index contributed by atoms with van der Waals surface area (Å²) in [5, 5.41) is 11.3. The van der Waals surface area contributed by atoms with Gasteiger partial charge in [0.15, 0.2) is 5.13 Å². The van der Waals surface area contributed by atoms with Crippen molar-refractivity contribution in [3.8, 4) is 0 Å². The molecule has 1 fully saturated rings. The van der Waals surface area contributed by atoms with Crippen molar-refractivity contribution in [2.45, 2.75) is 39.7 Å². The number of hydrogen-bond donors (Lipinski definition) is 1. The highest BCUT2D eigenvalue weighted by Crippen LogP contribution is 2.44. The number of carbonyl (C=O) groups is 3. The van der Waals surface area contributed by atoms with Gasteiger partial charge in [-0.05, 0) is 42.5 Å². The van der Waals surface area contributed by atoms with E-state index < -0.39 is 35.3 Å². The normalized spacial score (nSPS) is 17.2. The fourth-order valence-electron chi connectivity index (χ4n) is 4.07. The van der Waals surface area contributed by atoms with Gasteiger partial charge in [-0.3, -0.25) is 14.5 Å². The monoisotopic (exact) mass is 508 g/mol. The maximum absolute atomic E-state index is 14.3. The molecule has 1 N–H and O–H groups in total. The Morgan fingerprint density at radius 1 is 1.14 bits per heavy atom. The minimum absolute atomic E-state index is 0.0745. The van der Waals surface area contributed by atoms with E-state index in [2.05, 4.69) is 4.98 Å². The summed E-state index contributed by atoms with van der Waals surface area (Å²) in [5.41, 5.74) is 2.22. The number of carbonyl (C=O) groups excluding carboxylic acids is 3. The number of aliphatic hydroxyl groups is 1. The zero-order valence-corrected chi connectivity index (χ0v) is 21.3. The first-order valence-electron chi connectivity index (χ1n) is 11.3. The lowest BCUT2D eigenvalue weighted by Crippen LogP contribution is -2.29. The number of benzene rings is 2. The average Bonchev–Trinajstić information content (AvgIpc) is 3.36. The molecule has 0 radical (unpaired) electrons. The summed E-state index contributed by atoms with van der Waals surface area (Å²) in [4.78, 5) is 44.5. The molecule has 1 aliphatic heterocycles. The van der Waals surface area contributed by atoms with Crippen LogP contribution in [0.4, 0.5) is 9.52 Å². The van der Waals surface area contributed by atoms with Gasteiger partial charge in [-0.2, -0.15) is 0 Å². The van der Waals surface area contributed by atoms with Crippen molar-refractivity contribution in [1.82, 2.24) is 4.98 Å². The number of halogens is 1. The molecular weight excluding hydrogens is 483 g/mol. The third-order valence-corrected chi connectivity index (χ3v) is 7.31. The Balaban J connectivity index is 1.94. The molecule has 186 valence electrons. The van der Waals surface area contributed by atoms with Gasteiger partial charge in [0.2, 0.25) is 0 Å². The first-order valence-corrected chi connectivity index (χ1v) is 12.1. The first kappa shape index (κ1) is 25.2. The standard InChI is InChI=1S/C27H25FN2O5S/c1-13(2)16-8-10-17(11-9-16)21-20(22(31)18-7-6-14(3)19(28)12-18)23(32)25(33)30(21)27-29-15(4)24(36-27)26(34)35-5/h6-13,21,31H,1-5H3/t21-/m0/s1. The SMILES string of the molecule is COC(=O)c1sc(N2C(=O)C(=O)C(=C(O)c3ccc(C)c(F)c3)[C@@H]2c2ccc(C(C)C)cc2)nc1C. The average molecular weight is 509 g/mol. The van der Waals surface area contributed by atoms with Crippen LogP contribution in [0.2, 0.25) is 0 Å². The Labute approximate surface area is 211 Å². The molecule has 4 rings (SSSR count). The highest BCUT2D eigenvalue weighted by molar-refractivity contribution is 7.17. The molecule has 1 aromatic heterocycles. The molecular formula is C27H25FN2O5S. The lowest BCUT2D eigenvalue weighted by Gasteiger charge is -2.23. The van der Waals surface area contributed by atoms with Gasteiger partial charge in [0.25, 0.3) is 5.78 Å². The van der Waals surface area contributed by atoms with Crippen molar-refractivity contribution in [1.29, 1.82) is 0 Å². The van der Waals surface area contributed by atoms with Crippen LogP contribution in [-0.4, -0.2) is 34.9 Å². The molecule has 7 nitrogen and oxygen atoms in total. The van der Waals surface area contributed by atoms with Crippen molar-refractivity contribution in [2.75, 3.05) is 12.0 Å². The van der Waals surface area contributed by atoms with Crippen LogP contribution in [0.25, 0.3) is 5.76 Å². The molecule has 0 spiro atoms. The number of ether oxygens (including phenoxy) is 1. The second-order valence-corrected chi connectivity index (χ2v) is 9.83. The van der Waals surface area contributed by atoms with E-state index >= 15 is 0 Å². The van der Waals surface area contributed by atoms with Gasteiger partial charge < -0.3 is 9.84 Å². The number of thiazole rings is 1. The van der Waals surface area contributed by atoms with Crippen LogP contribution in [-0.2, 0) is 14.3 Å². The van der Waals surface area contributed by atoms with E-state index in [1.807, 2.05) is 26.0 Å². The van der Waals surface area contributed by atoms with Crippen molar-refractivity contribution >= 4 is 39.9 Å².